The van der Waals surface area contributed by atoms with Gasteiger partial charge in [0.25, 0.3) is 5.91 Å². The summed E-state index contributed by atoms with van der Waals surface area (Å²) in [7, 11) is 0. The van der Waals surface area contributed by atoms with E-state index in [-0.39, 0.29) is 29.6 Å². The van der Waals surface area contributed by atoms with Crippen LogP contribution in [0.3, 0.4) is 0 Å². The van der Waals surface area contributed by atoms with Crippen LogP contribution in [0.25, 0.3) is 0 Å². The van der Waals surface area contributed by atoms with E-state index in [1.807, 2.05) is 39.0 Å². The summed E-state index contributed by atoms with van der Waals surface area (Å²) < 4.78 is 5.14. The second-order valence-electron chi connectivity index (χ2n) is 8.57. The van der Waals surface area contributed by atoms with Crippen LogP contribution in [-0.4, -0.2) is 41.2 Å². The van der Waals surface area contributed by atoms with Gasteiger partial charge in [-0.15, -0.1) is 0 Å². The van der Waals surface area contributed by atoms with Gasteiger partial charge in [0, 0.05) is 5.69 Å². The molecule has 1 aliphatic carbocycles. The van der Waals surface area contributed by atoms with Crippen LogP contribution < -0.4 is 5.32 Å². The maximum atomic E-state index is 12.6. The molecular weight excluding hydrogens is 384 g/mol. The number of benzene rings is 1. The summed E-state index contributed by atoms with van der Waals surface area (Å²) in [6, 6.07) is 4.75. The standard InChI is InChI=1S/C23H30N2O5/c1-13(2)16-11-7-8-14(3)20(16)24-19(26)12-30-23(29)15(4)25-21(27)17-9-5-6-10-18(17)22(25)28/h7-8,11,13,15,17-18H,5-6,9-10,12H2,1-4H3,(H,24,26)/t15-,17-,18-/m0/s1. The number of ether oxygens (including phenoxy) is 1. The molecule has 2 aliphatic rings. The second kappa shape index (κ2) is 8.98. The van der Waals surface area contributed by atoms with E-state index in [9.17, 15) is 19.2 Å². The minimum atomic E-state index is -1.03. The van der Waals surface area contributed by atoms with Crippen molar-refractivity contribution in [3.8, 4) is 0 Å². The summed E-state index contributed by atoms with van der Waals surface area (Å²) in [5.74, 6) is -2.21. The first-order chi connectivity index (χ1) is 14.2. The Labute approximate surface area is 177 Å². The van der Waals surface area contributed by atoms with Gasteiger partial charge < -0.3 is 10.1 Å². The van der Waals surface area contributed by atoms with Crippen molar-refractivity contribution >= 4 is 29.4 Å². The van der Waals surface area contributed by atoms with Gasteiger partial charge in [0.2, 0.25) is 11.8 Å². The monoisotopic (exact) mass is 414 g/mol. The topological polar surface area (TPSA) is 92.8 Å². The van der Waals surface area contributed by atoms with Crippen molar-refractivity contribution in [2.24, 2.45) is 11.8 Å². The van der Waals surface area contributed by atoms with E-state index in [0.29, 0.717) is 12.8 Å². The lowest BCUT2D eigenvalue weighted by Crippen LogP contribution is -2.45. The van der Waals surface area contributed by atoms with Crippen molar-refractivity contribution < 1.29 is 23.9 Å². The van der Waals surface area contributed by atoms with Crippen LogP contribution in [-0.2, 0) is 23.9 Å². The molecule has 1 heterocycles. The Morgan fingerprint density at radius 2 is 1.70 bits per heavy atom. The highest BCUT2D eigenvalue weighted by atomic mass is 16.5. The number of rotatable bonds is 6. The molecule has 7 nitrogen and oxygen atoms in total. The van der Waals surface area contributed by atoms with E-state index in [0.717, 1.165) is 34.6 Å². The Hall–Kier alpha value is -2.70. The van der Waals surface area contributed by atoms with Crippen LogP contribution in [0.1, 0.15) is 63.5 Å². The first kappa shape index (κ1) is 22.0. The van der Waals surface area contributed by atoms with Gasteiger partial charge >= 0.3 is 5.97 Å². The van der Waals surface area contributed by atoms with Gasteiger partial charge in [0.05, 0.1) is 11.8 Å². The number of imide groups is 1. The number of amides is 3. The summed E-state index contributed by atoms with van der Waals surface area (Å²) in [6.07, 6.45) is 3.21. The molecule has 3 atom stereocenters. The zero-order chi connectivity index (χ0) is 22.0. The largest absolute Gasteiger partial charge is 0.454 e. The summed E-state index contributed by atoms with van der Waals surface area (Å²) in [5, 5.41) is 2.82. The molecule has 1 N–H and O–H groups in total. The maximum Gasteiger partial charge on any atom is 0.329 e. The van der Waals surface area contributed by atoms with Crippen LogP contribution in [0.15, 0.2) is 18.2 Å². The number of carbonyl (C=O) groups is 4. The molecule has 1 aromatic rings. The first-order valence-electron chi connectivity index (χ1n) is 10.6. The molecule has 0 radical (unpaired) electrons. The highest BCUT2D eigenvalue weighted by molar-refractivity contribution is 6.08. The van der Waals surface area contributed by atoms with E-state index in [1.54, 1.807) is 0 Å². The van der Waals surface area contributed by atoms with Crippen molar-refractivity contribution in [2.75, 3.05) is 11.9 Å². The predicted octanol–water partition coefficient (Wildman–Crippen LogP) is 3.16. The molecule has 0 unspecified atom stereocenters. The van der Waals surface area contributed by atoms with Crippen molar-refractivity contribution in [1.29, 1.82) is 0 Å². The number of aryl methyl sites for hydroxylation is 1. The summed E-state index contributed by atoms with van der Waals surface area (Å²) in [6.45, 7) is 6.98. The summed E-state index contributed by atoms with van der Waals surface area (Å²) in [5.41, 5.74) is 2.64. The number of para-hydroxylation sites is 1. The van der Waals surface area contributed by atoms with Crippen LogP contribution in [0, 0.1) is 18.8 Å². The van der Waals surface area contributed by atoms with Gasteiger partial charge in [-0.3, -0.25) is 19.3 Å². The Morgan fingerprint density at radius 3 is 2.27 bits per heavy atom. The first-order valence-corrected chi connectivity index (χ1v) is 10.6. The minimum absolute atomic E-state index is 0.221. The van der Waals surface area contributed by atoms with Gasteiger partial charge in [-0.25, -0.2) is 4.79 Å². The number of hydrogen-bond acceptors (Lipinski definition) is 5. The van der Waals surface area contributed by atoms with Crippen LogP contribution >= 0.6 is 0 Å². The molecular formula is C23H30N2O5. The molecule has 3 amide bonds. The van der Waals surface area contributed by atoms with Crippen molar-refractivity contribution in [3.05, 3.63) is 29.3 Å². The van der Waals surface area contributed by atoms with E-state index < -0.39 is 24.5 Å². The number of fused-ring (bicyclic) bond motifs is 1. The SMILES string of the molecule is Cc1cccc(C(C)C)c1NC(=O)COC(=O)[C@H](C)N1C(=O)[C@H]2CCCC[C@@H]2C1=O. The van der Waals surface area contributed by atoms with Gasteiger partial charge in [-0.1, -0.05) is 44.9 Å². The third-order valence-corrected chi connectivity index (χ3v) is 6.14. The highest BCUT2D eigenvalue weighted by Gasteiger charge is 2.51. The smallest absolute Gasteiger partial charge is 0.329 e. The van der Waals surface area contributed by atoms with Gasteiger partial charge in [0.1, 0.15) is 6.04 Å². The molecule has 2 fully saturated rings. The minimum Gasteiger partial charge on any atom is -0.454 e. The Balaban J connectivity index is 1.60. The lowest BCUT2D eigenvalue weighted by molar-refractivity contribution is -0.159. The van der Waals surface area contributed by atoms with Crippen LogP contribution in [0.5, 0.6) is 0 Å². The van der Waals surface area contributed by atoms with Crippen molar-refractivity contribution in [1.82, 2.24) is 4.90 Å². The predicted molar refractivity (Wildman–Crippen MR) is 112 cm³/mol. The number of esters is 1. The molecule has 0 spiro atoms. The number of likely N-dealkylation sites (tertiary alicyclic amines) is 1. The average Bonchev–Trinajstić information content (AvgIpc) is 2.97. The average molecular weight is 415 g/mol. The van der Waals surface area contributed by atoms with E-state index in [2.05, 4.69) is 5.32 Å². The molecule has 1 aromatic carbocycles. The molecule has 1 saturated carbocycles. The normalized spacial score (nSPS) is 22.1. The molecule has 30 heavy (non-hydrogen) atoms. The van der Waals surface area contributed by atoms with Gasteiger partial charge in [-0.05, 0) is 43.7 Å². The fraction of sp³-hybridized carbons (Fsp3) is 0.565. The molecule has 3 rings (SSSR count). The second-order valence-corrected chi connectivity index (χ2v) is 8.57. The number of nitrogens with one attached hydrogen (secondary N) is 1. The number of anilines is 1. The zero-order valence-electron chi connectivity index (χ0n) is 18.1. The third-order valence-electron chi connectivity index (χ3n) is 6.14. The Morgan fingerprint density at radius 1 is 1.10 bits per heavy atom. The zero-order valence-corrected chi connectivity index (χ0v) is 18.1. The fourth-order valence-electron chi connectivity index (χ4n) is 4.45. The Kier molecular flexibility index (Phi) is 6.58. The lowest BCUT2D eigenvalue weighted by atomic mass is 9.81. The molecule has 7 heteroatoms. The molecule has 162 valence electrons. The third kappa shape index (κ3) is 4.25. The molecule has 0 bridgehead atoms. The maximum absolute atomic E-state index is 12.6. The molecule has 0 aromatic heterocycles. The van der Waals surface area contributed by atoms with Crippen molar-refractivity contribution in [2.45, 2.75) is 65.3 Å². The fourth-order valence-corrected chi connectivity index (χ4v) is 4.45. The highest BCUT2D eigenvalue weighted by Crippen LogP contribution is 2.39. The van der Waals surface area contributed by atoms with E-state index in [1.165, 1.54) is 6.92 Å². The number of hydrogen-bond donors (Lipinski definition) is 1. The lowest BCUT2D eigenvalue weighted by Gasteiger charge is -2.21. The molecule has 1 aliphatic heterocycles. The van der Waals surface area contributed by atoms with Gasteiger partial charge in [0.15, 0.2) is 6.61 Å². The van der Waals surface area contributed by atoms with E-state index in [4.69, 9.17) is 4.74 Å². The quantitative estimate of drug-likeness (QED) is 0.570. The van der Waals surface area contributed by atoms with Gasteiger partial charge in [-0.2, -0.15) is 0 Å². The van der Waals surface area contributed by atoms with Crippen molar-refractivity contribution in [3.63, 3.8) is 0 Å². The number of nitrogens with zero attached hydrogens (tertiary/aromatic N) is 1. The van der Waals surface area contributed by atoms with Crippen LogP contribution in [0.4, 0.5) is 5.69 Å². The van der Waals surface area contributed by atoms with Crippen LogP contribution in [0.2, 0.25) is 0 Å². The Bertz CT molecular complexity index is 839. The number of carbonyl (C=O) groups excluding carboxylic acids is 4. The molecule has 1 saturated heterocycles. The summed E-state index contributed by atoms with van der Waals surface area (Å²) in [4.78, 5) is 51.2. The summed E-state index contributed by atoms with van der Waals surface area (Å²) >= 11 is 0. The van der Waals surface area contributed by atoms with E-state index >= 15 is 0 Å².